The Hall–Kier alpha value is -2.97. The van der Waals surface area contributed by atoms with Gasteiger partial charge in [-0.3, -0.25) is 14.1 Å². The maximum atomic E-state index is 12.4. The van der Waals surface area contributed by atoms with Crippen molar-refractivity contribution in [2.45, 2.75) is 6.54 Å². The van der Waals surface area contributed by atoms with Gasteiger partial charge in [0.2, 0.25) is 0 Å². The molecule has 1 N–H and O–H groups in total. The third kappa shape index (κ3) is 4.65. The van der Waals surface area contributed by atoms with E-state index in [1.54, 1.807) is 29.1 Å². The molecule has 4 rings (SSSR count). The fourth-order valence-electron chi connectivity index (χ4n) is 3.11. The first-order valence-corrected chi connectivity index (χ1v) is 9.37. The zero-order valence-electron chi connectivity index (χ0n) is 15.6. The molecule has 1 aliphatic heterocycles. The number of carbonyl (C=O) groups is 1. The minimum atomic E-state index is -0.144. The normalized spacial score (nSPS) is 14.9. The summed E-state index contributed by atoms with van der Waals surface area (Å²) in [5.41, 5.74) is 2.26. The van der Waals surface area contributed by atoms with Crippen molar-refractivity contribution in [2.75, 3.05) is 39.5 Å². The second-order valence-corrected chi connectivity index (χ2v) is 6.65. The molecule has 2 aromatic heterocycles. The topological polar surface area (TPSA) is 81.0 Å². The Labute approximate surface area is 163 Å². The van der Waals surface area contributed by atoms with Crippen molar-refractivity contribution in [1.29, 1.82) is 0 Å². The van der Waals surface area contributed by atoms with Gasteiger partial charge in [0.15, 0.2) is 5.65 Å². The summed E-state index contributed by atoms with van der Waals surface area (Å²) >= 11 is 0. The Balaban J connectivity index is 1.28. The molecule has 3 aromatic rings. The second-order valence-electron chi connectivity index (χ2n) is 6.65. The van der Waals surface area contributed by atoms with E-state index in [1.165, 1.54) is 0 Å². The number of carbonyl (C=O) groups excluding carboxylic acids is 1. The van der Waals surface area contributed by atoms with Crippen LogP contribution >= 0.6 is 0 Å². The molecule has 0 aliphatic carbocycles. The van der Waals surface area contributed by atoms with E-state index < -0.39 is 0 Å². The predicted octanol–water partition coefficient (Wildman–Crippen LogP) is 1.37. The lowest BCUT2D eigenvalue weighted by atomic mass is 10.2. The molecule has 0 bridgehead atoms. The highest BCUT2D eigenvalue weighted by Crippen LogP contribution is 2.14. The fraction of sp³-hybridized carbons (Fsp3) is 0.350. The molecule has 0 atom stereocenters. The highest BCUT2D eigenvalue weighted by Gasteiger charge is 2.10. The number of hydrogen-bond acceptors (Lipinski definition) is 6. The van der Waals surface area contributed by atoms with E-state index in [1.807, 2.05) is 24.3 Å². The van der Waals surface area contributed by atoms with Crippen molar-refractivity contribution in [3.05, 3.63) is 60.0 Å². The molecule has 1 saturated heterocycles. The van der Waals surface area contributed by atoms with Crippen LogP contribution < -0.4 is 10.1 Å². The van der Waals surface area contributed by atoms with Gasteiger partial charge < -0.3 is 14.8 Å². The summed E-state index contributed by atoms with van der Waals surface area (Å²) in [5, 5.41) is 10.7. The number of rotatable bonds is 7. The largest absolute Gasteiger partial charge is 0.492 e. The standard InChI is InChI=1S/C20H23N5O3/c26-20(17-4-5-19-23-22-15-25(19)14-17)21-13-16-2-1-3-18(12-16)28-11-8-24-6-9-27-10-7-24/h1-5,12,14-15H,6-11,13H2,(H,21,26). The number of nitrogens with zero attached hydrogens (tertiary/aromatic N) is 4. The number of nitrogens with one attached hydrogen (secondary N) is 1. The Morgan fingerprint density at radius 2 is 2.11 bits per heavy atom. The van der Waals surface area contributed by atoms with Crippen molar-refractivity contribution >= 4 is 11.6 Å². The van der Waals surface area contributed by atoms with Crippen LogP contribution in [0.3, 0.4) is 0 Å². The van der Waals surface area contributed by atoms with E-state index >= 15 is 0 Å². The quantitative estimate of drug-likeness (QED) is 0.666. The third-order valence-corrected chi connectivity index (χ3v) is 4.68. The number of aromatic nitrogens is 3. The molecular formula is C20H23N5O3. The molecule has 28 heavy (non-hydrogen) atoms. The van der Waals surface area contributed by atoms with Gasteiger partial charge in [0, 0.05) is 32.4 Å². The van der Waals surface area contributed by atoms with Gasteiger partial charge in [-0.15, -0.1) is 10.2 Å². The van der Waals surface area contributed by atoms with E-state index in [0.717, 1.165) is 44.2 Å². The molecule has 0 unspecified atom stereocenters. The number of amides is 1. The van der Waals surface area contributed by atoms with Crippen LogP contribution in [0.15, 0.2) is 48.9 Å². The first-order chi connectivity index (χ1) is 13.8. The maximum absolute atomic E-state index is 12.4. The van der Waals surface area contributed by atoms with Gasteiger partial charge in [0.1, 0.15) is 18.7 Å². The van der Waals surface area contributed by atoms with Crippen LogP contribution in [-0.2, 0) is 11.3 Å². The molecule has 0 spiro atoms. The number of ether oxygens (including phenoxy) is 2. The number of pyridine rings is 1. The highest BCUT2D eigenvalue weighted by molar-refractivity contribution is 5.94. The summed E-state index contributed by atoms with van der Waals surface area (Å²) in [7, 11) is 0. The zero-order chi connectivity index (χ0) is 19.2. The van der Waals surface area contributed by atoms with Crippen molar-refractivity contribution in [1.82, 2.24) is 24.8 Å². The van der Waals surface area contributed by atoms with Crippen molar-refractivity contribution < 1.29 is 14.3 Å². The summed E-state index contributed by atoms with van der Waals surface area (Å²) in [6.07, 6.45) is 3.29. The summed E-state index contributed by atoms with van der Waals surface area (Å²) < 4.78 is 12.9. The summed E-state index contributed by atoms with van der Waals surface area (Å²) in [6, 6.07) is 11.3. The molecule has 1 amide bonds. The van der Waals surface area contributed by atoms with Crippen LogP contribution in [0.5, 0.6) is 5.75 Å². The van der Waals surface area contributed by atoms with Gasteiger partial charge >= 0.3 is 0 Å². The zero-order valence-corrected chi connectivity index (χ0v) is 15.6. The van der Waals surface area contributed by atoms with Crippen LogP contribution in [0.25, 0.3) is 5.65 Å². The van der Waals surface area contributed by atoms with Gasteiger partial charge in [-0.05, 0) is 29.8 Å². The average Bonchev–Trinajstić information content (AvgIpc) is 3.21. The van der Waals surface area contributed by atoms with Crippen molar-refractivity contribution in [2.24, 2.45) is 0 Å². The van der Waals surface area contributed by atoms with Crippen molar-refractivity contribution in [3.8, 4) is 5.75 Å². The highest BCUT2D eigenvalue weighted by atomic mass is 16.5. The van der Waals surface area contributed by atoms with Crippen LogP contribution in [0.4, 0.5) is 0 Å². The minimum Gasteiger partial charge on any atom is -0.492 e. The summed E-state index contributed by atoms with van der Waals surface area (Å²) in [4.78, 5) is 14.7. The van der Waals surface area contributed by atoms with Crippen LogP contribution in [0.2, 0.25) is 0 Å². The number of fused-ring (bicyclic) bond motifs is 1. The molecule has 1 fully saturated rings. The Morgan fingerprint density at radius 1 is 1.21 bits per heavy atom. The Kier molecular flexibility index (Phi) is 5.79. The summed E-state index contributed by atoms with van der Waals surface area (Å²) in [5.74, 6) is 0.667. The molecule has 3 heterocycles. The number of benzene rings is 1. The smallest absolute Gasteiger partial charge is 0.253 e. The van der Waals surface area contributed by atoms with E-state index in [2.05, 4.69) is 20.4 Å². The lowest BCUT2D eigenvalue weighted by Crippen LogP contribution is -2.38. The number of hydrogen-bond donors (Lipinski definition) is 1. The lowest BCUT2D eigenvalue weighted by Gasteiger charge is -2.26. The van der Waals surface area contributed by atoms with Crippen LogP contribution in [0.1, 0.15) is 15.9 Å². The van der Waals surface area contributed by atoms with Crippen LogP contribution in [-0.4, -0.2) is 64.9 Å². The number of morpholine rings is 1. The molecule has 1 aliphatic rings. The third-order valence-electron chi connectivity index (χ3n) is 4.68. The summed E-state index contributed by atoms with van der Waals surface area (Å²) in [6.45, 7) is 5.44. The van der Waals surface area contributed by atoms with Gasteiger partial charge in [-0.1, -0.05) is 12.1 Å². The van der Waals surface area contributed by atoms with E-state index in [9.17, 15) is 4.79 Å². The Morgan fingerprint density at radius 3 is 3.00 bits per heavy atom. The van der Waals surface area contributed by atoms with Gasteiger partial charge in [0.25, 0.3) is 5.91 Å². The molecule has 0 radical (unpaired) electrons. The van der Waals surface area contributed by atoms with E-state index in [-0.39, 0.29) is 5.91 Å². The molecular weight excluding hydrogens is 358 g/mol. The van der Waals surface area contributed by atoms with Crippen molar-refractivity contribution in [3.63, 3.8) is 0 Å². The molecule has 0 saturated carbocycles. The predicted molar refractivity (Wildman–Crippen MR) is 103 cm³/mol. The molecule has 146 valence electrons. The van der Waals surface area contributed by atoms with Gasteiger partial charge in [-0.2, -0.15) is 0 Å². The lowest BCUT2D eigenvalue weighted by molar-refractivity contribution is 0.0322. The molecule has 8 heteroatoms. The molecule has 1 aromatic carbocycles. The molecule has 8 nitrogen and oxygen atoms in total. The van der Waals surface area contributed by atoms with Crippen LogP contribution in [0, 0.1) is 0 Å². The van der Waals surface area contributed by atoms with E-state index in [0.29, 0.717) is 24.4 Å². The fourth-order valence-corrected chi connectivity index (χ4v) is 3.11. The second kappa shape index (κ2) is 8.81. The average molecular weight is 381 g/mol. The van der Waals surface area contributed by atoms with Gasteiger partial charge in [0.05, 0.1) is 18.8 Å². The van der Waals surface area contributed by atoms with E-state index in [4.69, 9.17) is 9.47 Å². The first kappa shape index (κ1) is 18.4. The monoisotopic (exact) mass is 381 g/mol. The maximum Gasteiger partial charge on any atom is 0.253 e. The minimum absolute atomic E-state index is 0.144. The Bertz CT molecular complexity index is 936. The SMILES string of the molecule is O=C(NCc1cccc(OCCN2CCOCC2)c1)c1ccc2nncn2c1. The van der Waals surface area contributed by atoms with Gasteiger partial charge in [-0.25, -0.2) is 0 Å². The first-order valence-electron chi connectivity index (χ1n) is 9.37.